The Morgan fingerprint density at radius 3 is 2.38 bits per heavy atom. The van der Waals surface area contributed by atoms with E-state index in [-0.39, 0.29) is 11.9 Å². The summed E-state index contributed by atoms with van der Waals surface area (Å²) in [6.45, 7) is 5.29. The zero-order valence-electron chi connectivity index (χ0n) is 15.1. The SMILES string of the molecule is Cc1[nH]c2ccccc2c1C(=O)OC(C)C(=O)NC(C)c1ccccc1. The number of carbonyl (C=O) groups excluding carboxylic acids is 2. The predicted molar refractivity (Wildman–Crippen MR) is 101 cm³/mol. The quantitative estimate of drug-likeness (QED) is 0.686. The molecule has 2 atom stereocenters. The van der Waals surface area contributed by atoms with Crippen LogP contribution in [0.15, 0.2) is 54.6 Å². The highest BCUT2D eigenvalue weighted by atomic mass is 16.5. The van der Waals surface area contributed by atoms with E-state index in [1.165, 1.54) is 0 Å². The van der Waals surface area contributed by atoms with Crippen LogP contribution in [0.4, 0.5) is 0 Å². The zero-order chi connectivity index (χ0) is 18.7. The average Bonchev–Trinajstić information content (AvgIpc) is 2.98. The summed E-state index contributed by atoms with van der Waals surface area (Å²) in [6, 6.07) is 17.0. The molecule has 3 rings (SSSR count). The van der Waals surface area contributed by atoms with Crippen LogP contribution in [0.5, 0.6) is 0 Å². The lowest BCUT2D eigenvalue weighted by atomic mass is 10.1. The van der Waals surface area contributed by atoms with Crippen molar-refractivity contribution in [3.8, 4) is 0 Å². The summed E-state index contributed by atoms with van der Waals surface area (Å²) in [5.74, 6) is -0.831. The molecule has 0 saturated heterocycles. The number of benzene rings is 2. The molecule has 0 aliphatic heterocycles. The van der Waals surface area contributed by atoms with E-state index in [9.17, 15) is 9.59 Å². The smallest absolute Gasteiger partial charge is 0.341 e. The standard InChI is InChI=1S/C21H22N2O3/c1-13(16-9-5-4-6-10-16)23-20(24)15(3)26-21(25)19-14(2)22-18-12-8-7-11-17(18)19/h4-13,15,22H,1-3H3,(H,23,24). The number of carbonyl (C=O) groups is 2. The van der Waals surface area contributed by atoms with Crippen LogP contribution in [-0.2, 0) is 9.53 Å². The molecule has 1 aromatic heterocycles. The molecule has 5 heteroatoms. The molecule has 0 aliphatic rings. The number of hydrogen-bond acceptors (Lipinski definition) is 3. The number of fused-ring (bicyclic) bond motifs is 1. The summed E-state index contributed by atoms with van der Waals surface area (Å²) in [5.41, 5.74) is 3.05. The van der Waals surface area contributed by atoms with Crippen molar-refractivity contribution < 1.29 is 14.3 Å². The maximum Gasteiger partial charge on any atom is 0.341 e. The lowest BCUT2D eigenvalue weighted by Crippen LogP contribution is -2.37. The van der Waals surface area contributed by atoms with Crippen LogP contribution in [0.3, 0.4) is 0 Å². The second kappa shape index (κ2) is 7.44. The van der Waals surface area contributed by atoms with Crippen molar-refractivity contribution in [2.24, 2.45) is 0 Å². The van der Waals surface area contributed by atoms with Crippen LogP contribution < -0.4 is 5.32 Å². The van der Waals surface area contributed by atoms with Crippen molar-refractivity contribution in [2.75, 3.05) is 0 Å². The van der Waals surface area contributed by atoms with E-state index in [1.807, 2.05) is 68.4 Å². The van der Waals surface area contributed by atoms with Gasteiger partial charge in [0.2, 0.25) is 0 Å². The number of ether oxygens (including phenoxy) is 1. The Kier molecular flexibility index (Phi) is 5.07. The maximum absolute atomic E-state index is 12.6. The molecule has 2 aromatic carbocycles. The first kappa shape index (κ1) is 17.7. The molecule has 0 saturated carbocycles. The minimum absolute atomic E-state index is 0.167. The molecule has 0 radical (unpaired) electrons. The number of amides is 1. The summed E-state index contributed by atoms with van der Waals surface area (Å²) in [6.07, 6.45) is -0.887. The highest BCUT2D eigenvalue weighted by Crippen LogP contribution is 2.23. The Balaban J connectivity index is 1.68. The van der Waals surface area contributed by atoms with Crippen LogP contribution in [0.2, 0.25) is 0 Å². The van der Waals surface area contributed by atoms with Crippen molar-refractivity contribution in [1.29, 1.82) is 0 Å². The molecule has 0 fully saturated rings. The minimum Gasteiger partial charge on any atom is -0.449 e. The van der Waals surface area contributed by atoms with Crippen LogP contribution in [0.1, 0.15) is 41.5 Å². The van der Waals surface area contributed by atoms with Crippen molar-refractivity contribution in [2.45, 2.75) is 32.9 Å². The van der Waals surface area contributed by atoms with Gasteiger partial charge in [-0.05, 0) is 32.4 Å². The van der Waals surface area contributed by atoms with E-state index in [2.05, 4.69) is 10.3 Å². The average molecular weight is 350 g/mol. The van der Waals surface area contributed by atoms with E-state index in [0.717, 1.165) is 22.2 Å². The zero-order valence-corrected chi connectivity index (χ0v) is 15.1. The molecule has 0 bridgehead atoms. The number of aromatic nitrogens is 1. The van der Waals surface area contributed by atoms with Gasteiger partial charge in [-0.3, -0.25) is 4.79 Å². The van der Waals surface area contributed by atoms with Gasteiger partial charge in [0.15, 0.2) is 6.10 Å². The molecular weight excluding hydrogens is 328 g/mol. The molecule has 3 aromatic rings. The first-order valence-corrected chi connectivity index (χ1v) is 8.61. The second-order valence-corrected chi connectivity index (χ2v) is 6.36. The largest absolute Gasteiger partial charge is 0.449 e. The summed E-state index contributed by atoms with van der Waals surface area (Å²) in [7, 11) is 0. The third-order valence-electron chi connectivity index (χ3n) is 4.41. The van der Waals surface area contributed by atoms with E-state index < -0.39 is 12.1 Å². The molecular formula is C21H22N2O3. The molecule has 5 nitrogen and oxygen atoms in total. The Bertz CT molecular complexity index is 931. The van der Waals surface area contributed by atoms with Gasteiger partial charge in [-0.1, -0.05) is 48.5 Å². The van der Waals surface area contributed by atoms with Gasteiger partial charge in [-0.2, -0.15) is 0 Å². The molecule has 0 aliphatic carbocycles. The number of nitrogens with one attached hydrogen (secondary N) is 2. The van der Waals surface area contributed by atoms with Gasteiger partial charge >= 0.3 is 5.97 Å². The Labute approximate surface area is 152 Å². The van der Waals surface area contributed by atoms with Crippen molar-refractivity contribution >= 4 is 22.8 Å². The number of rotatable bonds is 5. The third kappa shape index (κ3) is 3.61. The Hall–Kier alpha value is -3.08. The lowest BCUT2D eigenvalue weighted by molar-refractivity contribution is -0.129. The Morgan fingerprint density at radius 1 is 1.00 bits per heavy atom. The van der Waals surface area contributed by atoms with Crippen LogP contribution in [0.25, 0.3) is 10.9 Å². The fraction of sp³-hybridized carbons (Fsp3) is 0.238. The van der Waals surface area contributed by atoms with E-state index in [4.69, 9.17) is 4.74 Å². The van der Waals surface area contributed by atoms with E-state index in [0.29, 0.717) is 5.56 Å². The van der Waals surface area contributed by atoms with Crippen molar-refractivity contribution in [1.82, 2.24) is 10.3 Å². The first-order chi connectivity index (χ1) is 12.5. The van der Waals surface area contributed by atoms with E-state index in [1.54, 1.807) is 6.92 Å². The number of hydrogen-bond donors (Lipinski definition) is 2. The number of aryl methyl sites for hydroxylation is 1. The lowest BCUT2D eigenvalue weighted by Gasteiger charge is -2.18. The van der Waals surface area contributed by atoms with Gasteiger partial charge in [0.25, 0.3) is 5.91 Å². The van der Waals surface area contributed by atoms with Crippen molar-refractivity contribution in [3.05, 3.63) is 71.4 Å². The fourth-order valence-corrected chi connectivity index (χ4v) is 2.97. The Morgan fingerprint density at radius 2 is 1.65 bits per heavy atom. The minimum atomic E-state index is -0.887. The van der Waals surface area contributed by atoms with Gasteiger partial charge in [-0.25, -0.2) is 4.79 Å². The topological polar surface area (TPSA) is 71.2 Å². The monoisotopic (exact) mass is 350 g/mol. The molecule has 134 valence electrons. The van der Waals surface area contributed by atoms with Crippen LogP contribution >= 0.6 is 0 Å². The highest BCUT2D eigenvalue weighted by Gasteiger charge is 2.24. The first-order valence-electron chi connectivity index (χ1n) is 8.61. The summed E-state index contributed by atoms with van der Waals surface area (Å²) in [4.78, 5) is 28.1. The van der Waals surface area contributed by atoms with Gasteiger partial charge in [0, 0.05) is 16.6 Å². The number of aromatic amines is 1. The maximum atomic E-state index is 12.6. The van der Waals surface area contributed by atoms with Crippen LogP contribution in [-0.4, -0.2) is 23.0 Å². The fourth-order valence-electron chi connectivity index (χ4n) is 2.97. The van der Waals surface area contributed by atoms with Crippen molar-refractivity contribution in [3.63, 3.8) is 0 Å². The van der Waals surface area contributed by atoms with Crippen LogP contribution in [0, 0.1) is 6.92 Å². The second-order valence-electron chi connectivity index (χ2n) is 6.36. The molecule has 0 spiro atoms. The van der Waals surface area contributed by atoms with Gasteiger partial charge in [-0.15, -0.1) is 0 Å². The van der Waals surface area contributed by atoms with Gasteiger partial charge in [0.05, 0.1) is 11.6 Å². The number of para-hydroxylation sites is 1. The molecule has 2 N–H and O–H groups in total. The highest BCUT2D eigenvalue weighted by molar-refractivity contribution is 6.06. The third-order valence-corrected chi connectivity index (χ3v) is 4.41. The summed E-state index contributed by atoms with van der Waals surface area (Å²) in [5, 5.41) is 3.67. The van der Waals surface area contributed by atoms with Gasteiger partial charge in [0.1, 0.15) is 0 Å². The molecule has 2 unspecified atom stereocenters. The normalized spacial score (nSPS) is 13.2. The molecule has 1 amide bonds. The number of esters is 1. The summed E-state index contributed by atoms with van der Waals surface area (Å²) < 4.78 is 5.41. The van der Waals surface area contributed by atoms with Gasteiger partial charge < -0.3 is 15.0 Å². The molecule has 26 heavy (non-hydrogen) atoms. The molecule has 1 heterocycles. The summed E-state index contributed by atoms with van der Waals surface area (Å²) >= 11 is 0. The predicted octanol–water partition coefficient (Wildman–Crippen LogP) is 3.90. The number of H-pyrrole nitrogens is 1. The van der Waals surface area contributed by atoms with E-state index >= 15 is 0 Å².